The van der Waals surface area contributed by atoms with E-state index in [2.05, 4.69) is 16.0 Å². The van der Waals surface area contributed by atoms with Crippen molar-refractivity contribution in [3.05, 3.63) is 99.6 Å². The van der Waals surface area contributed by atoms with Crippen molar-refractivity contribution in [1.29, 1.82) is 0 Å². The number of rotatable bonds is 6. The predicted molar refractivity (Wildman–Crippen MR) is 130 cm³/mol. The Morgan fingerprint density at radius 3 is 2.37 bits per heavy atom. The second-order valence-electron chi connectivity index (χ2n) is 8.40. The van der Waals surface area contributed by atoms with Gasteiger partial charge in [0.25, 0.3) is 11.6 Å². The Morgan fingerprint density at radius 2 is 1.71 bits per heavy atom. The highest BCUT2D eigenvalue weighted by Gasteiger charge is 2.31. The van der Waals surface area contributed by atoms with Gasteiger partial charge in [-0.25, -0.2) is 0 Å². The van der Waals surface area contributed by atoms with E-state index >= 15 is 0 Å². The van der Waals surface area contributed by atoms with Gasteiger partial charge in [-0.15, -0.1) is 0 Å². The summed E-state index contributed by atoms with van der Waals surface area (Å²) in [6.45, 7) is 0. The van der Waals surface area contributed by atoms with Crippen LogP contribution in [0.5, 0.6) is 0 Å². The maximum absolute atomic E-state index is 13.0. The molecule has 9 heteroatoms. The van der Waals surface area contributed by atoms with Gasteiger partial charge in [-0.2, -0.15) is 0 Å². The van der Waals surface area contributed by atoms with Gasteiger partial charge in [0, 0.05) is 35.5 Å². The van der Waals surface area contributed by atoms with Gasteiger partial charge in [0.1, 0.15) is 0 Å². The molecule has 1 atom stereocenters. The van der Waals surface area contributed by atoms with Gasteiger partial charge >= 0.3 is 0 Å². The number of hydrogen-bond acceptors (Lipinski definition) is 6. The fourth-order valence-electron chi connectivity index (χ4n) is 4.33. The Balaban J connectivity index is 1.50. The Morgan fingerprint density at radius 1 is 0.971 bits per heavy atom. The van der Waals surface area contributed by atoms with Crippen molar-refractivity contribution in [2.75, 3.05) is 10.6 Å². The van der Waals surface area contributed by atoms with Crippen LogP contribution in [0.3, 0.4) is 0 Å². The number of nitrogens with one attached hydrogen (secondary N) is 3. The number of carbonyl (C=O) groups is 3. The molecule has 0 aromatic heterocycles. The fraction of sp³-hybridized carbons (Fsp3) is 0.115. The normalized spacial score (nSPS) is 18.1. The molecule has 0 aliphatic carbocycles. The lowest BCUT2D eigenvalue weighted by atomic mass is 9.97. The first kappa shape index (κ1) is 22.0. The molecule has 174 valence electrons. The molecule has 2 aliphatic heterocycles. The van der Waals surface area contributed by atoms with Crippen LogP contribution in [0.15, 0.2) is 72.8 Å². The van der Waals surface area contributed by atoms with Gasteiger partial charge in [-0.1, -0.05) is 42.5 Å². The van der Waals surface area contributed by atoms with Crippen LogP contribution in [0.4, 0.5) is 17.1 Å². The Hall–Kier alpha value is -4.79. The van der Waals surface area contributed by atoms with E-state index in [-0.39, 0.29) is 35.7 Å². The summed E-state index contributed by atoms with van der Waals surface area (Å²) in [5.41, 5.74) is 3.99. The quantitative estimate of drug-likeness (QED) is 0.219. The molecule has 2 aliphatic rings. The highest BCUT2D eigenvalue weighted by Crippen LogP contribution is 2.39. The van der Waals surface area contributed by atoms with Gasteiger partial charge < -0.3 is 10.6 Å². The maximum atomic E-state index is 13.0. The zero-order chi connectivity index (χ0) is 24.5. The topological polar surface area (TPSA) is 130 Å². The second kappa shape index (κ2) is 8.86. The number of benzene rings is 3. The third-order valence-electron chi connectivity index (χ3n) is 6.04. The number of nitrogens with zero attached hydrogens (tertiary/aromatic N) is 1. The SMILES string of the molecule is O=C1CC(Cc2ccc(NC(=C3C(=O)Nc4ccc([N+](=O)[O-])cc43)c3ccccc3)cc2)C(=O)N1. The van der Waals surface area contributed by atoms with Gasteiger partial charge in [0.05, 0.1) is 22.1 Å². The molecule has 1 fully saturated rings. The molecule has 2 heterocycles. The van der Waals surface area contributed by atoms with Crippen LogP contribution in [0.2, 0.25) is 0 Å². The van der Waals surface area contributed by atoms with Gasteiger partial charge in [0.15, 0.2) is 0 Å². The van der Waals surface area contributed by atoms with Crippen molar-refractivity contribution < 1.29 is 19.3 Å². The third kappa shape index (κ3) is 4.39. The molecule has 0 saturated carbocycles. The average molecular weight is 468 g/mol. The van der Waals surface area contributed by atoms with Gasteiger partial charge in [0.2, 0.25) is 11.8 Å². The summed E-state index contributed by atoms with van der Waals surface area (Å²) in [6.07, 6.45) is 0.633. The molecule has 3 amide bonds. The first-order valence-electron chi connectivity index (χ1n) is 11.0. The summed E-state index contributed by atoms with van der Waals surface area (Å²) in [5, 5.41) is 19.8. The van der Waals surface area contributed by atoms with Crippen LogP contribution in [-0.4, -0.2) is 22.6 Å². The van der Waals surface area contributed by atoms with E-state index < -0.39 is 4.92 Å². The minimum atomic E-state index is -0.493. The molecule has 1 saturated heterocycles. The lowest BCUT2D eigenvalue weighted by Crippen LogP contribution is -2.22. The van der Waals surface area contributed by atoms with Crippen LogP contribution >= 0.6 is 0 Å². The molecular weight excluding hydrogens is 448 g/mol. The second-order valence-corrected chi connectivity index (χ2v) is 8.40. The van der Waals surface area contributed by atoms with Crippen LogP contribution in [0.25, 0.3) is 11.3 Å². The van der Waals surface area contributed by atoms with Crippen LogP contribution in [-0.2, 0) is 20.8 Å². The van der Waals surface area contributed by atoms with Crippen molar-refractivity contribution in [2.24, 2.45) is 5.92 Å². The van der Waals surface area contributed by atoms with Crippen LogP contribution in [0, 0.1) is 16.0 Å². The van der Waals surface area contributed by atoms with E-state index in [0.29, 0.717) is 34.6 Å². The number of fused-ring (bicyclic) bond motifs is 1. The highest BCUT2D eigenvalue weighted by molar-refractivity contribution is 6.37. The highest BCUT2D eigenvalue weighted by atomic mass is 16.6. The van der Waals surface area contributed by atoms with Crippen molar-refractivity contribution in [3.8, 4) is 0 Å². The molecule has 0 bridgehead atoms. The minimum absolute atomic E-state index is 0.107. The van der Waals surface area contributed by atoms with Crippen LogP contribution < -0.4 is 16.0 Å². The monoisotopic (exact) mass is 468 g/mol. The standard InChI is InChI=1S/C26H20N4O5/c31-22-13-17(25(32)29-22)12-15-6-8-18(9-7-15)27-24(16-4-2-1-3-5-16)23-20-14-19(30(34)35)10-11-21(20)28-26(23)33/h1-11,14,17,27H,12-13H2,(H,28,33)(H,29,31,32). The number of hydrogen-bond donors (Lipinski definition) is 3. The summed E-state index contributed by atoms with van der Waals surface area (Å²) in [6, 6.07) is 20.9. The van der Waals surface area contributed by atoms with Crippen LogP contribution in [0.1, 0.15) is 23.1 Å². The molecule has 3 aromatic rings. The lowest BCUT2D eigenvalue weighted by molar-refractivity contribution is -0.384. The summed E-state index contributed by atoms with van der Waals surface area (Å²) in [7, 11) is 0. The molecule has 1 unspecified atom stereocenters. The number of non-ortho nitro benzene ring substituents is 1. The number of imide groups is 1. The number of nitro groups is 1. The fourth-order valence-corrected chi connectivity index (χ4v) is 4.33. The Labute approximate surface area is 200 Å². The Kier molecular flexibility index (Phi) is 5.58. The number of amides is 3. The summed E-state index contributed by atoms with van der Waals surface area (Å²) in [5.74, 6) is -1.25. The molecule has 35 heavy (non-hydrogen) atoms. The van der Waals surface area contributed by atoms with Crippen molar-refractivity contribution in [2.45, 2.75) is 12.8 Å². The number of nitro benzene ring substituents is 1. The molecule has 0 radical (unpaired) electrons. The van der Waals surface area contributed by atoms with Crippen molar-refractivity contribution in [1.82, 2.24) is 5.32 Å². The van der Waals surface area contributed by atoms with E-state index in [1.807, 2.05) is 54.6 Å². The molecule has 0 spiro atoms. The largest absolute Gasteiger partial charge is 0.354 e. The van der Waals surface area contributed by atoms with Crippen molar-refractivity contribution in [3.63, 3.8) is 0 Å². The molecular formula is C26H20N4O5. The third-order valence-corrected chi connectivity index (χ3v) is 6.04. The Bertz CT molecular complexity index is 1400. The smallest absolute Gasteiger partial charge is 0.270 e. The van der Waals surface area contributed by atoms with E-state index in [1.54, 1.807) is 0 Å². The first-order chi connectivity index (χ1) is 16.9. The van der Waals surface area contributed by atoms with Gasteiger partial charge in [-0.3, -0.25) is 29.8 Å². The van der Waals surface area contributed by atoms with Crippen molar-refractivity contribution >= 4 is 46.1 Å². The average Bonchev–Trinajstić information content (AvgIpc) is 3.35. The van der Waals surface area contributed by atoms with E-state index in [0.717, 1.165) is 11.1 Å². The van der Waals surface area contributed by atoms with E-state index in [4.69, 9.17) is 0 Å². The predicted octanol–water partition coefficient (Wildman–Crippen LogP) is 3.73. The van der Waals surface area contributed by atoms with E-state index in [1.165, 1.54) is 18.2 Å². The zero-order valence-electron chi connectivity index (χ0n) is 18.4. The number of anilines is 2. The summed E-state index contributed by atoms with van der Waals surface area (Å²) >= 11 is 0. The molecule has 3 N–H and O–H groups in total. The molecule has 9 nitrogen and oxygen atoms in total. The first-order valence-corrected chi connectivity index (χ1v) is 11.0. The molecule has 5 rings (SSSR count). The molecule has 3 aromatic carbocycles. The van der Waals surface area contributed by atoms with Gasteiger partial charge in [-0.05, 0) is 35.7 Å². The maximum Gasteiger partial charge on any atom is 0.270 e. The number of carbonyl (C=O) groups excluding carboxylic acids is 3. The minimum Gasteiger partial charge on any atom is -0.354 e. The van der Waals surface area contributed by atoms with E-state index in [9.17, 15) is 24.5 Å². The summed E-state index contributed by atoms with van der Waals surface area (Å²) in [4.78, 5) is 47.1. The zero-order valence-corrected chi connectivity index (χ0v) is 18.4. The lowest BCUT2D eigenvalue weighted by Gasteiger charge is -2.15. The summed E-state index contributed by atoms with van der Waals surface area (Å²) < 4.78 is 0.